The number of rotatable bonds is 5. The van der Waals surface area contributed by atoms with Crippen LogP contribution in [0.1, 0.15) is 6.92 Å². The third kappa shape index (κ3) is 3.32. The number of thioether (sulfide) groups is 1. The average Bonchev–Trinajstić information content (AvgIpc) is 2.63. The minimum atomic E-state index is -1.35. The first-order chi connectivity index (χ1) is 12.4. The minimum Gasteiger partial charge on any atom is -0.484 e. The lowest BCUT2D eigenvalue weighted by Crippen LogP contribution is -2.78. The molecule has 2 saturated heterocycles. The van der Waals surface area contributed by atoms with Gasteiger partial charge in [0, 0.05) is 6.92 Å². The summed E-state index contributed by atoms with van der Waals surface area (Å²) in [6, 6.07) is 7.93. The van der Waals surface area contributed by atoms with Gasteiger partial charge in [-0.3, -0.25) is 19.3 Å². The number of fused-ring (bicyclic) bond motifs is 1. The van der Waals surface area contributed by atoms with E-state index < -0.39 is 41.3 Å². The van der Waals surface area contributed by atoms with Crippen LogP contribution in [0.3, 0.4) is 0 Å². The van der Waals surface area contributed by atoms with E-state index in [9.17, 15) is 24.3 Å². The van der Waals surface area contributed by atoms with Gasteiger partial charge in [-0.25, -0.2) is 4.79 Å². The Kier molecular flexibility index (Phi) is 5.03. The van der Waals surface area contributed by atoms with Crippen molar-refractivity contribution >= 4 is 35.5 Å². The highest BCUT2D eigenvalue weighted by molar-refractivity contribution is 8.00. The van der Waals surface area contributed by atoms with Crippen molar-refractivity contribution < 1.29 is 29.0 Å². The van der Waals surface area contributed by atoms with Gasteiger partial charge in [0.05, 0.1) is 5.88 Å². The number of nitrogens with one attached hydrogen (secondary N) is 1. The average molecular weight is 379 g/mol. The fourth-order valence-corrected chi connectivity index (χ4v) is 4.22. The van der Waals surface area contributed by atoms with Crippen molar-refractivity contribution in [3.8, 4) is 5.75 Å². The molecule has 3 amide bonds. The van der Waals surface area contributed by atoms with Crippen molar-refractivity contribution in [2.45, 2.75) is 24.5 Å². The first-order valence-electron chi connectivity index (χ1n) is 7.81. The molecule has 1 aromatic carbocycles. The number of carbonyl (C=O) groups is 4. The second-order valence-electron chi connectivity index (χ2n) is 5.78. The molecule has 2 heterocycles. The van der Waals surface area contributed by atoms with Crippen molar-refractivity contribution in [1.29, 1.82) is 0 Å². The second kappa shape index (κ2) is 7.24. The zero-order valence-electron chi connectivity index (χ0n) is 13.8. The highest BCUT2D eigenvalue weighted by atomic mass is 32.2. The third-order valence-corrected chi connectivity index (χ3v) is 5.35. The maximum atomic E-state index is 12.3. The number of para-hydroxylation sites is 1. The summed E-state index contributed by atoms with van der Waals surface area (Å²) in [7, 11) is 0. The Labute approximate surface area is 153 Å². The van der Waals surface area contributed by atoms with Crippen LogP contribution >= 0.6 is 11.8 Å². The smallest absolute Gasteiger partial charge is 0.347 e. The predicted molar refractivity (Wildman–Crippen MR) is 90.9 cm³/mol. The molecule has 2 fully saturated rings. The van der Waals surface area contributed by atoms with Crippen molar-refractivity contribution in [2.75, 3.05) is 12.5 Å². The fourth-order valence-electron chi connectivity index (χ4n) is 2.83. The Morgan fingerprint density at radius 1 is 1.31 bits per heavy atom. The largest absolute Gasteiger partial charge is 0.484 e. The molecule has 26 heavy (non-hydrogen) atoms. The van der Waals surface area contributed by atoms with E-state index in [0.717, 1.165) is 9.80 Å². The molecule has 0 aliphatic carbocycles. The fraction of sp³-hybridized carbons (Fsp3) is 0.375. The van der Waals surface area contributed by atoms with Crippen LogP contribution in [0.25, 0.3) is 0 Å². The number of ether oxygens (including phenoxy) is 1. The molecule has 0 spiro atoms. The molecule has 0 aromatic heterocycles. The van der Waals surface area contributed by atoms with Crippen LogP contribution in [0, 0.1) is 0 Å². The molecule has 2 N–H and O–H groups in total. The molecule has 3 unspecified atom stereocenters. The van der Waals surface area contributed by atoms with Gasteiger partial charge in [0.15, 0.2) is 6.61 Å². The van der Waals surface area contributed by atoms with Gasteiger partial charge in [0.1, 0.15) is 17.2 Å². The van der Waals surface area contributed by atoms with Crippen LogP contribution in [0.2, 0.25) is 0 Å². The Balaban J connectivity index is 1.60. The van der Waals surface area contributed by atoms with E-state index in [1.165, 1.54) is 18.7 Å². The Hall–Kier alpha value is -2.75. The molecular weight excluding hydrogens is 362 g/mol. The molecule has 138 valence electrons. The molecule has 0 saturated carbocycles. The van der Waals surface area contributed by atoms with E-state index in [4.69, 9.17) is 4.74 Å². The summed E-state index contributed by atoms with van der Waals surface area (Å²) in [5, 5.41) is 11.4. The predicted octanol–water partition coefficient (Wildman–Crippen LogP) is -0.318. The summed E-state index contributed by atoms with van der Waals surface area (Å²) in [4.78, 5) is 49.7. The van der Waals surface area contributed by atoms with E-state index in [1.54, 1.807) is 24.3 Å². The number of carbonyl (C=O) groups excluding carboxylic acids is 3. The number of hydrogen-bond donors (Lipinski definition) is 2. The summed E-state index contributed by atoms with van der Waals surface area (Å²) in [6.45, 7) is 0.994. The molecule has 1 aromatic rings. The van der Waals surface area contributed by atoms with Gasteiger partial charge in [-0.1, -0.05) is 18.2 Å². The lowest BCUT2D eigenvalue weighted by atomic mass is 10.1. The lowest BCUT2D eigenvalue weighted by Gasteiger charge is -2.54. The highest BCUT2D eigenvalue weighted by Gasteiger charge is 2.58. The van der Waals surface area contributed by atoms with Crippen LogP contribution < -0.4 is 10.1 Å². The maximum absolute atomic E-state index is 12.3. The van der Waals surface area contributed by atoms with Crippen molar-refractivity contribution in [3.63, 3.8) is 0 Å². The zero-order valence-corrected chi connectivity index (χ0v) is 14.6. The summed E-state index contributed by atoms with van der Waals surface area (Å²) in [6.07, 6.45) is -1.35. The molecule has 3 rings (SSSR count). The first kappa shape index (κ1) is 18.1. The number of β-lactam (4-membered cyclic amide) rings is 1. The lowest BCUT2D eigenvalue weighted by molar-refractivity contribution is -0.175. The van der Waals surface area contributed by atoms with Crippen LogP contribution in [-0.2, 0) is 19.2 Å². The highest BCUT2D eigenvalue weighted by Crippen LogP contribution is 2.38. The van der Waals surface area contributed by atoms with Gasteiger partial charge in [0.2, 0.25) is 12.1 Å². The number of nitrogens with zero attached hydrogens (tertiary/aromatic N) is 2. The van der Waals surface area contributed by atoms with Crippen LogP contribution in [-0.4, -0.2) is 68.7 Å². The van der Waals surface area contributed by atoms with E-state index in [1.807, 2.05) is 6.07 Å². The molecule has 2 aliphatic rings. The number of carboxylic acid groups (broad SMARTS) is 1. The summed E-state index contributed by atoms with van der Waals surface area (Å²) < 4.78 is 5.33. The van der Waals surface area contributed by atoms with Crippen molar-refractivity contribution in [3.05, 3.63) is 30.3 Å². The van der Waals surface area contributed by atoms with Crippen LogP contribution in [0.15, 0.2) is 30.3 Å². The monoisotopic (exact) mass is 379 g/mol. The number of hydrogen-bond acceptors (Lipinski definition) is 6. The van der Waals surface area contributed by atoms with E-state index in [-0.39, 0.29) is 12.5 Å². The normalized spacial score (nSPS) is 24.3. The van der Waals surface area contributed by atoms with Gasteiger partial charge in [-0.2, -0.15) is 0 Å². The molecule has 0 bridgehead atoms. The Morgan fingerprint density at radius 2 is 2.00 bits per heavy atom. The molecule has 9 nitrogen and oxygen atoms in total. The first-order valence-corrected chi connectivity index (χ1v) is 8.86. The maximum Gasteiger partial charge on any atom is 0.347 e. The summed E-state index contributed by atoms with van der Waals surface area (Å²) in [5.74, 6) is -2.06. The Bertz CT molecular complexity index is 743. The topological polar surface area (TPSA) is 116 Å². The van der Waals surface area contributed by atoms with Gasteiger partial charge in [-0.15, -0.1) is 11.8 Å². The molecule has 3 atom stereocenters. The number of benzene rings is 1. The molecule has 10 heteroatoms. The van der Waals surface area contributed by atoms with Crippen LogP contribution in [0.5, 0.6) is 5.75 Å². The van der Waals surface area contributed by atoms with Gasteiger partial charge in [-0.05, 0) is 12.1 Å². The molecule has 0 radical (unpaired) electrons. The SMILES string of the molecule is CC(=O)N1CSC2C(NC(=O)COc3ccccc3)C(=O)N2C1C(=O)O. The minimum absolute atomic E-state index is 0.133. The van der Waals surface area contributed by atoms with E-state index in [2.05, 4.69) is 5.32 Å². The Morgan fingerprint density at radius 3 is 2.62 bits per heavy atom. The zero-order chi connectivity index (χ0) is 18.8. The van der Waals surface area contributed by atoms with Gasteiger partial charge >= 0.3 is 5.97 Å². The molecule has 2 aliphatic heterocycles. The van der Waals surface area contributed by atoms with Gasteiger partial charge in [0.25, 0.3) is 11.8 Å². The summed E-state index contributed by atoms with van der Waals surface area (Å²) in [5.41, 5.74) is 0. The molecular formula is C16H17N3O6S. The quantitative estimate of drug-likeness (QED) is 0.674. The number of aliphatic carboxylic acids is 1. The van der Waals surface area contributed by atoms with E-state index >= 15 is 0 Å². The standard InChI is InChI=1S/C16H17N3O6S/c1-9(20)18-8-26-15-12(14(22)19(15)13(18)16(23)24)17-11(21)7-25-10-5-3-2-4-6-10/h2-6,12-13,15H,7-8H2,1H3,(H,17,21)(H,23,24). The number of carboxylic acids is 1. The summed E-state index contributed by atoms with van der Waals surface area (Å²) >= 11 is 1.23. The second-order valence-corrected chi connectivity index (χ2v) is 6.85. The van der Waals surface area contributed by atoms with Gasteiger partial charge < -0.3 is 20.1 Å². The third-order valence-electron chi connectivity index (χ3n) is 4.08. The van der Waals surface area contributed by atoms with Crippen LogP contribution in [0.4, 0.5) is 0 Å². The van der Waals surface area contributed by atoms with E-state index in [0.29, 0.717) is 5.75 Å². The number of amides is 3. The van der Waals surface area contributed by atoms with Crippen molar-refractivity contribution in [2.24, 2.45) is 0 Å². The van der Waals surface area contributed by atoms with Crippen molar-refractivity contribution in [1.82, 2.24) is 15.1 Å².